The molecule has 0 amide bonds. The lowest BCUT2D eigenvalue weighted by atomic mass is 9.72. The minimum atomic E-state index is 0.154. The molecule has 0 radical (unpaired) electrons. The second-order valence-electron chi connectivity index (χ2n) is 5.64. The van der Waals surface area contributed by atoms with Gasteiger partial charge in [-0.1, -0.05) is 38.1 Å². The molecule has 98 valence electrons. The molecule has 1 aliphatic heterocycles. The highest BCUT2D eigenvalue weighted by atomic mass is 16.5. The van der Waals surface area contributed by atoms with Crippen LogP contribution in [0, 0.1) is 5.41 Å². The van der Waals surface area contributed by atoms with Crippen molar-refractivity contribution in [2.45, 2.75) is 32.7 Å². The van der Waals surface area contributed by atoms with Gasteiger partial charge in [-0.2, -0.15) is 0 Å². The van der Waals surface area contributed by atoms with Crippen molar-refractivity contribution in [1.82, 2.24) is 5.32 Å². The first-order chi connectivity index (χ1) is 8.54. The second-order valence-corrected chi connectivity index (χ2v) is 5.64. The molecule has 0 aliphatic carbocycles. The van der Waals surface area contributed by atoms with E-state index >= 15 is 0 Å². The van der Waals surface area contributed by atoms with Crippen LogP contribution < -0.4 is 10.1 Å². The second kappa shape index (κ2) is 5.15. The number of ether oxygens (including phenoxy) is 1. The molecule has 1 aromatic rings. The highest BCUT2D eigenvalue weighted by Gasteiger charge is 2.34. The fourth-order valence-electron chi connectivity index (χ4n) is 2.58. The highest BCUT2D eigenvalue weighted by molar-refractivity contribution is 5.30. The van der Waals surface area contributed by atoms with E-state index in [0.29, 0.717) is 6.04 Å². The third-order valence-corrected chi connectivity index (χ3v) is 4.17. The first-order valence-electron chi connectivity index (χ1n) is 6.58. The first kappa shape index (κ1) is 13.2. The Morgan fingerprint density at radius 3 is 2.94 bits per heavy atom. The molecular formula is C16H23NO. The average Bonchev–Trinajstić information content (AvgIpc) is 2.36. The van der Waals surface area contributed by atoms with Crippen LogP contribution in [0.2, 0.25) is 0 Å². The molecule has 2 heteroatoms. The molecule has 1 aliphatic rings. The van der Waals surface area contributed by atoms with E-state index in [1.807, 2.05) is 6.07 Å². The summed E-state index contributed by atoms with van der Waals surface area (Å²) >= 11 is 0. The minimum absolute atomic E-state index is 0.154. The fourth-order valence-corrected chi connectivity index (χ4v) is 2.58. The van der Waals surface area contributed by atoms with E-state index < -0.39 is 0 Å². The SMILES string of the molecule is C=C1CCNC(Cc2cccc(OC)c2)C1(C)C. The Labute approximate surface area is 110 Å². The Kier molecular flexibility index (Phi) is 3.76. The molecule has 1 saturated heterocycles. The molecule has 0 bridgehead atoms. The quantitative estimate of drug-likeness (QED) is 0.826. The Morgan fingerprint density at radius 2 is 2.22 bits per heavy atom. The van der Waals surface area contributed by atoms with E-state index in [9.17, 15) is 0 Å². The van der Waals surface area contributed by atoms with Crippen LogP contribution >= 0.6 is 0 Å². The maximum absolute atomic E-state index is 5.28. The summed E-state index contributed by atoms with van der Waals surface area (Å²) < 4.78 is 5.28. The summed E-state index contributed by atoms with van der Waals surface area (Å²) in [6, 6.07) is 8.78. The van der Waals surface area contributed by atoms with Crippen LogP contribution in [0.1, 0.15) is 25.8 Å². The molecule has 1 unspecified atom stereocenters. The Balaban J connectivity index is 2.14. The van der Waals surface area contributed by atoms with Gasteiger partial charge in [-0.3, -0.25) is 0 Å². The van der Waals surface area contributed by atoms with E-state index in [1.165, 1.54) is 11.1 Å². The van der Waals surface area contributed by atoms with Gasteiger partial charge in [0.2, 0.25) is 0 Å². The summed E-state index contributed by atoms with van der Waals surface area (Å²) in [5, 5.41) is 3.62. The van der Waals surface area contributed by atoms with Crippen LogP contribution in [-0.4, -0.2) is 19.7 Å². The van der Waals surface area contributed by atoms with E-state index in [-0.39, 0.29) is 5.41 Å². The summed E-state index contributed by atoms with van der Waals surface area (Å²) in [7, 11) is 1.71. The number of hydrogen-bond acceptors (Lipinski definition) is 2. The number of nitrogens with one attached hydrogen (secondary N) is 1. The van der Waals surface area contributed by atoms with Crippen LogP contribution in [0.4, 0.5) is 0 Å². The van der Waals surface area contributed by atoms with Gasteiger partial charge in [0.05, 0.1) is 7.11 Å². The summed E-state index contributed by atoms with van der Waals surface area (Å²) in [6.07, 6.45) is 2.10. The van der Waals surface area contributed by atoms with Crippen molar-refractivity contribution >= 4 is 0 Å². The smallest absolute Gasteiger partial charge is 0.119 e. The summed E-state index contributed by atoms with van der Waals surface area (Å²) in [4.78, 5) is 0. The molecule has 1 N–H and O–H groups in total. The Morgan fingerprint density at radius 1 is 1.44 bits per heavy atom. The lowest BCUT2D eigenvalue weighted by Crippen LogP contribution is -2.49. The number of hydrogen-bond donors (Lipinski definition) is 1. The van der Waals surface area contributed by atoms with Crippen molar-refractivity contribution in [1.29, 1.82) is 0 Å². The topological polar surface area (TPSA) is 21.3 Å². The van der Waals surface area contributed by atoms with E-state index in [2.05, 4.69) is 43.9 Å². The molecule has 1 heterocycles. The predicted molar refractivity (Wildman–Crippen MR) is 76.0 cm³/mol. The van der Waals surface area contributed by atoms with Crippen LogP contribution in [0.5, 0.6) is 5.75 Å². The molecular weight excluding hydrogens is 222 g/mol. The van der Waals surface area contributed by atoms with Crippen molar-refractivity contribution in [2.75, 3.05) is 13.7 Å². The number of methoxy groups -OCH3 is 1. The van der Waals surface area contributed by atoms with E-state index in [0.717, 1.165) is 25.1 Å². The number of rotatable bonds is 3. The zero-order chi connectivity index (χ0) is 13.2. The van der Waals surface area contributed by atoms with Crippen LogP contribution in [0.3, 0.4) is 0 Å². The standard InChI is InChI=1S/C16H23NO/c1-12-8-9-17-15(16(12,2)3)11-13-6-5-7-14(10-13)18-4/h5-7,10,15,17H,1,8-9,11H2,2-4H3. The minimum Gasteiger partial charge on any atom is -0.497 e. The van der Waals surface area contributed by atoms with Crippen molar-refractivity contribution in [2.24, 2.45) is 5.41 Å². The predicted octanol–water partition coefficient (Wildman–Crippen LogP) is 3.18. The lowest BCUT2D eigenvalue weighted by Gasteiger charge is -2.41. The number of benzene rings is 1. The van der Waals surface area contributed by atoms with Crippen molar-refractivity contribution in [3.63, 3.8) is 0 Å². The monoisotopic (exact) mass is 245 g/mol. The van der Waals surface area contributed by atoms with Crippen molar-refractivity contribution in [3.8, 4) is 5.75 Å². The summed E-state index contributed by atoms with van der Waals surface area (Å²) in [5.41, 5.74) is 2.82. The molecule has 1 fully saturated rings. The van der Waals surface area contributed by atoms with Crippen LogP contribution in [0.15, 0.2) is 36.4 Å². The van der Waals surface area contributed by atoms with E-state index in [1.54, 1.807) is 7.11 Å². The third-order valence-electron chi connectivity index (χ3n) is 4.17. The maximum Gasteiger partial charge on any atom is 0.119 e. The maximum atomic E-state index is 5.28. The van der Waals surface area contributed by atoms with Crippen LogP contribution in [0.25, 0.3) is 0 Å². The molecule has 2 rings (SSSR count). The molecule has 0 aromatic heterocycles. The third kappa shape index (κ3) is 2.59. The molecule has 18 heavy (non-hydrogen) atoms. The fraction of sp³-hybridized carbons (Fsp3) is 0.500. The Hall–Kier alpha value is -1.28. The normalized spacial score (nSPS) is 22.8. The van der Waals surface area contributed by atoms with Gasteiger partial charge >= 0.3 is 0 Å². The van der Waals surface area contributed by atoms with Gasteiger partial charge in [-0.15, -0.1) is 0 Å². The average molecular weight is 245 g/mol. The Bertz CT molecular complexity index is 436. The van der Waals surface area contributed by atoms with Gasteiger partial charge in [0, 0.05) is 11.5 Å². The molecule has 1 atom stereocenters. The van der Waals surface area contributed by atoms with Gasteiger partial charge in [0.15, 0.2) is 0 Å². The van der Waals surface area contributed by atoms with Gasteiger partial charge < -0.3 is 10.1 Å². The molecule has 1 aromatic carbocycles. The lowest BCUT2D eigenvalue weighted by molar-refractivity contribution is 0.251. The van der Waals surface area contributed by atoms with Crippen molar-refractivity contribution < 1.29 is 4.74 Å². The highest BCUT2D eigenvalue weighted by Crippen LogP contribution is 2.36. The number of piperidine rings is 1. The first-order valence-corrected chi connectivity index (χ1v) is 6.58. The van der Waals surface area contributed by atoms with Crippen LogP contribution in [-0.2, 0) is 6.42 Å². The van der Waals surface area contributed by atoms with Gasteiger partial charge in [-0.05, 0) is 37.1 Å². The van der Waals surface area contributed by atoms with Crippen molar-refractivity contribution in [3.05, 3.63) is 42.0 Å². The van der Waals surface area contributed by atoms with Gasteiger partial charge in [0.25, 0.3) is 0 Å². The zero-order valence-electron chi connectivity index (χ0n) is 11.6. The molecule has 2 nitrogen and oxygen atoms in total. The molecule has 0 saturated carbocycles. The van der Waals surface area contributed by atoms with Gasteiger partial charge in [-0.25, -0.2) is 0 Å². The zero-order valence-corrected chi connectivity index (χ0v) is 11.6. The van der Waals surface area contributed by atoms with Gasteiger partial charge in [0.1, 0.15) is 5.75 Å². The van der Waals surface area contributed by atoms with E-state index in [4.69, 9.17) is 4.74 Å². The summed E-state index contributed by atoms with van der Waals surface area (Å²) in [5.74, 6) is 0.931. The largest absolute Gasteiger partial charge is 0.497 e. The summed E-state index contributed by atoms with van der Waals surface area (Å²) in [6.45, 7) is 9.83. The molecule has 0 spiro atoms.